The summed E-state index contributed by atoms with van der Waals surface area (Å²) in [6.07, 6.45) is 8.71. The van der Waals surface area contributed by atoms with Crippen molar-refractivity contribution in [3.05, 3.63) is 64.6 Å². The molecule has 32 heavy (non-hydrogen) atoms. The van der Waals surface area contributed by atoms with Crippen molar-refractivity contribution in [1.29, 1.82) is 0 Å². The van der Waals surface area contributed by atoms with E-state index in [1.807, 2.05) is 28.9 Å². The van der Waals surface area contributed by atoms with Gasteiger partial charge < -0.3 is 15.0 Å². The largest absolute Gasteiger partial charge is 0.329 e. The van der Waals surface area contributed by atoms with Gasteiger partial charge in [-0.05, 0) is 37.0 Å². The molecule has 8 nitrogen and oxygen atoms in total. The summed E-state index contributed by atoms with van der Waals surface area (Å²) < 4.78 is 20.0. The number of aromatic nitrogens is 5. The molecule has 168 valence electrons. The standard InChI is InChI=1S/C23H28FN7O/c1-29-20-10-15(13-28-22(20)30(2)23(29)32)12-27-19-6-5-17(11-18(19)24)26-14-16-4-3-8-31-9-7-25-21(16)31/h3-4,7-10,13,17-19,26-27H,5-6,11-12,14H2,1-2H3/t17-,18+,19-/m0/s1. The van der Waals surface area contributed by atoms with Crippen LogP contribution in [0.25, 0.3) is 16.8 Å². The minimum absolute atomic E-state index is 0.101. The Labute approximate surface area is 185 Å². The van der Waals surface area contributed by atoms with Gasteiger partial charge in [-0.3, -0.25) is 9.13 Å². The third-order valence-corrected chi connectivity index (χ3v) is 6.58. The van der Waals surface area contributed by atoms with E-state index in [9.17, 15) is 9.18 Å². The van der Waals surface area contributed by atoms with Crippen LogP contribution in [0.4, 0.5) is 4.39 Å². The summed E-state index contributed by atoms with van der Waals surface area (Å²) in [6.45, 7) is 1.20. The van der Waals surface area contributed by atoms with Crippen LogP contribution in [-0.4, -0.2) is 41.8 Å². The first-order valence-electron chi connectivity index (χ1n) is 11.0. The second-order valence-corrected chi connectivity index (χ2v) is 8.67. The van der Waals surface area contributed by atoms with E-state index in [2.05, 4.69) is 26.7 Å². The summed E-state index contributed by atoms with van der Waals surface area (Å²) >= 11 is 0. The van der Waals surface area contributed by atoms with Crippen molar-refractivity contribution in [1.82, 2.24) is 34.1 Å². The quantitative estimate of drug-likeness (QED) is 0.483. The molecule has 1 aliphatic rings. The zero-order chi connectivity index (χ0) is 22.2. The van der Waals surface area contributed by atoms with Crippen molar-refractivity contribution in [2.24, 2.45) is 14.1 Å². The Bertz CT molecular complexity index is 1310. The first-order valence-corrected chi connectivity index (χ1v) is 11.0. The van der Waals surface area contributed by atoms with Crippen molar-refractivity contribution in [3.8, 4) is 0 Å². The average Bonchev–Trinajstić information content (AvgIpc) is 3.37. The molecule has 0 saturated heterocycles. The topological polar surface area (TPSA) is 81.2 Å². The lowest BCUT2D eigenvalue weighted by Crippen LogP contribution is -2.46. The molecule has 2 N–H and O–H groups in total. The number of fused-ring (bicyclic) bond motifs is 2. The van der Waals surface area contributed by atoms with Crippen LogP contribution in [0, 0.1) is 0 Å². The predicted octanol–water partition coefficient (Wildman–Crippen LogP) is 2.06. The fraction of sp³-hybridized carbons (Fsp3) is 0.435. The molecule has 5 rings (SSSR count). The van der Waals surface area contributed by atoms with Crippen molar-refractivity contribution < 1.29 is 4.39 Å². The molecule has 0 unspecified atom stereocenters. The SMILES string of the molecule is Cn1c(=O)n(C)c2ncc(CN[C@H]3CC[C@H](NCc4cccn5ccnc45)C[C@H]3F)cc21. The highest BCUT2D eigenvalue weighted by molar-refractivity contribution is 5.72. The van der Waals surface area contributed by atoms with Crippen LogP contribution in [0.2, 0.25) is 0 Å². The monoisotopic (exact) mass is 437 g/mol. The molecule has 4 aromatic rings. The van der Waals surface area contributed by atoms with E-state index in [4.69, 9.17) is 0 Å². The Morgan fingerprint density at radius 3 is 2.81 bits per heavy atom. The van der Waals surface area contributed by atoms with Crippen LogP contribution in [-0.2, 0) is 27.2 Å². The molecular weight excluding hydrogens is 409 g/mol. The maximum atomic E-state index is 14.9. The second-order valence-electron chi connectivity index (χ2n) is 8.67. The van der Waals surface area contributed by atoms with E-state index >= 15 is 0 Å². The molecule has 1 fully saturated rings. The number of imidazole rings is 2. The van der Waals surface area contributed by atoms with Gasteiger partial charge in [0.05, 0.1) is 5.52 Å². The Kier molecular flexibility index (Phi) is 5.52. The lowest BCUT2D eigenvalue weighted by atomic mass is 9.89. The number of hydrogen-bond donors (Lipinski definition) is 2. The molecule has 0 aliphatic heterocycles. The summed E-state index contributed by atoms with van der Waals surface area (Å²) in [5.74, 6) is 0. The van der Waals surface area contributed by atoms with Crippen LogP contribution < -0.4 is 16.3 Å². The third kappa shape index (κ3) is 3.82. The maximum Gasteiger partial charge on any atom is 0.329 e. The molecule has 0 bridgehead atoms. The lowest BCUT2D eigenvalue weighted by molar-refractivity contribution is 0.160. The van der Waals surface area contributed by atoms with Crippen LogP contribution in [0.15, 0.2) is 47.8 Å². The van der Waals surface area contributed by atoms with Crippen molar-refractivity contribution in [2.75, 3.05) is 0 Å². The van der Waals surface area contributed by atoms with Crippen LogP contribution in [0.5, 0.6) is 0 Å². The zero-order valence-electron chi connectivity index (χ0n) is 18.3. The highest BCUT2D eigenvalue weighted by Gasteiger charge is 2.30. The first-order chi connectivity index (χ1) is 15.5. The van der Waals surface area contributed by atoms with E-state index < -0.39 is 6.17 Å². The van der Waals surface area contributed by atoms with E-state index in [0.717, 1.165) is 35.1 Å². The Hall–Kier alpha value is -3.04. The Balaban J connectivity index is 1.16. The van der Waals surface area contributed by atoms with E-state index in [1.165, 1.54) is 4.57 Å². The smallest absolute Gasteiger partial charge is 0.310 e. The molecule has 0 aromatic carbocycles. The van der Waals surface area contributed by atoms with Crippen LogP contribution in [0.1, 0.15) is 30.4 Å². The van der Waals surface area contributed by atoms with E-state index in [-0.39, 0.29) is 17.8 Å². The van der Waals surface area contributed by atoms with Gasteiger partial charge in [0.1, 0.15) is 11.8 Å². The summed E-state index contributed by atoms with van der Waals surface area (Å²) in [5.41, 5.74) is 4.34. The first kappa shape index (κ1) is 20.8. The minimum atomic E-state index is -0.916. The number of alkyl halides is 1. The molecule has 9 heteroatoms. The summed E-state index contributed by atoms with van der Waals surface area (Å²) in [7, 11) is 3.45. The van der Waals surface area contributed by atoms with E-state index in [1.54, 1.807) is 31.1 Å². The third-order valence-electron chi connectivity index (χ3n) is 6.58. The van der Waals surface area contributed by atoms with Gasteiger partial charge in [0, 0.05) is 69.6 Å². The van der Waals surface area contributed by atoms with Gasteiger partial charge in [-0.1, -0.05) is 6.07 Å². The van der Waals surface area contributed by atoms with Crippen molar-refractivity contribution in [2.45, 2.75) is 50.6 Å². The summed E-state index contributed by atoms with van der Waals surface area (Å²) in [4.78, 5) is 20.9. The van der Waals surface area contributed by atoms with Gasteiger partial charge in [-0.25, -0.2) is 19.2 Å². The molecule has 0 radical (unpaired) electrons. The molecular formula is C23H28FN7O. The number of hydrogen-bond acceptors (Lipinski definition) is 5. The molecule has 1 saturated carbocycles. The number of rotatable bonds is 6. The Morgan fingerprint density at radius 1 is 1.09 bits per heavy atom. The summed E-state index contributed by atoms with van der Waals surface area (Å²) in [6, 6.07) is 5.98. The minimum Gasteiger partial charge on any atom is -0.310 e. The molecule has 1 aliphatic carbocycles. The number of nitrogens with zero attached hydrogens (tertiary/aromatic N) is 5. The number of halogens is 1. The number of nitrogens with one attached hydrogen (secondary N) is 2. The van der Waals surface area contributed by atoms with Gasteiger partial charge in [0.2, 0.25) is 0 Å². The molecule has 0 spiro atoms. The molecule has 3 atom stereocenters. The van der Waals surface area contributed by atoms with E-state index in [0.29, 0.717) is 25.2 Å². The van der Waals surface area contributed by atoms with Crippen LogP contribution >= 0.6 is 0 Å². The second kappa shape index (κ2) is 8.48. The molecule has 0 amide bonds. The predicted molar refractivity (Wildman–Crippen MR) is 121 cm³/mol. The van der Waals surface area contributed by atoms with Gasteiger partial charge in [0.25, 0.3) is 0 Å². The fourth-order valence-electron chi connectivity index (χ4n) is 4.69. The fourth-order valence-corrected chi connectivity index (χ4v) is 4.69. The molecule has 4 heterocycles. The van der Waals surface area contributed by atoms with Crippen molar-refractivity contribution in [3.63, 3.8) is 0 Å². The van der Waals surface area contributed by atoms with Gasteiger partial charge in [-0.2, -0.15) is 0 Å². The summed E-state index contributed by atoms with van der Waals surface area (Å²) in [5, 5.41) is 6.87. The van der Waals surface area contributed by atoms with Gasteiger partial charge >= 0.3 is 5.69 Å². The van der Waals surface area contributed by atoms with Crippen molar-refractivity contribution >= 4 is 16.8 Å². The Morgan fingerprint density at radius 2 is 1.97 bits per heavy atom. The van der Waals surface area contributed by atoms with Gasteiger partial charge in [-0.15, -0.1) is 0 Å². The van der Waals surface area contributed by atoms with Gasteiger partial charge in [0.15, 0.2) is 5.65 Å². The zero-order valence-corrected chi connectivity index (χ0v) is 18.3. The average molecular weight is 438 g/mol. The normalized spacial score (nSPS) is 21.5. The van der Waals surface area contributed by atoms with Crippen LogP contribution in [0.3, 0.4) is 0 Å². The number of aryl methyl sites for hydroxylation is 2. The maximum absolute atomic E-state index is 14.9. The highest BCUT2D eigenvalue weighted by atomic mass is 19.1. The molecule has 4 aromatic heterocycles. The number of pyridine rings is 2. The lowest BCUT2D eigenvalue weighted by Gasteiger charge is -2.33. The highest BCUT2D eigenvalue weighted by Crippen LogP contribution is 2.23.